The molecule has 2 aliphatic rings. The van der Waals surface area contributed by atoms with Crippen molar-refractivity contribution < 1.29 is 4.79 Å². The zero-order valence-corrected chi connectivity index (χ0v) is 12.8. The van der Waals surface area contributed by atoms with Crippen LogP contribution < -0.4 is 0 Å². The van der Waals surface area contributed by atoms with Crippen LogP contribution in [-0.4, -0.2) is 58.4 Å². The van der Waals surface area contributed by atoms with Crippen molar-refractivity contribution in [3.05, 3.63) is 35.9 Å². The van der Waals surface area contributed by atoms with E-state index in [-0.39, 0.29) is 5.91 Å². The Morgan fingerprint density at radius 3 is 2.86 bits per heavy atom. The molecule has 3 rings (SSSR count). The van der Waals surface area contributed by atoms with Gasteiger partial charge in [-0.2, -0.15) is 0 Å². The first kappa shape index (κ1) is 14.2. The Bertz CT molecular complexity index is 578. The van der Waals surface area contributed by atoms with Gasteiger partial charge >= 0.3 is 0 Å². The standard InChI is InChI=1S/C16H22N4O/c1-4-6-19-7-5-16(8-19)9-20(10-16)15(21)14-12(2)13(3)17-11-18-14/h4,11H,1,5-10H2,2-3H3. The van der Waals surface area contributed by atoms with Gasteiger partial charge in [0.2, 0.25) is 0 Å². The summed E-state index contributed by atoms with van der Waals surface area (Å²) in [5.74, 6) is 0.0470. The fourth-order valence-corrected chi connectivity index (χ4v) is 3.43. The molecular formula is C16H22N4O. The van der Waals surface area contributed by atoms with Crippen LogP contribution in [-0.2, 0) is 0 Å². The van der Waals surface area contributed by atoms with E-state index >= 15 is 0 Å². The summed E-state index contributed by atoms with van der Waals surface area (Å²) in [7, 11) is 0. The molecule has 1 aromatic heterocycles. The summed E-state index contributed by atoms with van der Waals surface area (Å²) in [5.41, 5.74) is 2.62. The molecule has 1 aromatic rings. The Labute approximate surface area is 125 Å². The predicted molar refractivity (Wildman–Crippen MR) is 81.1 cm³/mol. The lowest BCUT2D eigenvalue weighted by molar-refractivity contribution is 0.0107. The maximum atomic E-state index is 12.6. The van der Waals surface area contributed by atoms with Crippen LogP contribution in [0.5, 0.6) is 0 Å². The van der Waals surface area contributed by atoms with Crippen molar-refractivity contribution in [2.75, 3.05) is 32.7 Å². The van der Waals surface area contributed by atoms with Gasteiger partial charge in [0.15, 0.2) is 0 Å². The molecular weight excluding hydrogens is 264 g/mol. The van der Waals surface area contributed by atoms with E-state index in [0.29, 0.717) is 11.1 Å². The third kappa shape index (κ3) is 2.46. The molecule has 5 heteroatoms. The van der Waals surface area contributed by atoms with E-state index in [0.717, 1.165) is 44.0 Å². The molecule has 0 aromatic carbocycles. The van der Waals surface area contributed by atoms with E-state index in [1.807, 2.05) is 24.8 Å². The number of amides is 1. The molecule has 2 fully saturated rings. The molecule has 3 heterocycles. The highest BCUT2D eigenvalue weighted by Gasteiger charge is 2.49. The molecule has 0 radical (unpaired) electrons. The highest BCUT2D eigenvalue weighted by molar-refractivity contribution is 5.94. The Morgan fingerprint density at radius 1 is 1.38 bits per heavy atom. The Kier molecular flexibility index (Phi) is 3.53. The van der Waals surface area contributed by atoms with Crippen LogP contribution in [0.15, 0.2) is 19.0 Å². The molecule has 112 valence electrons. The van der Waals surface area contributed by atoms with Crippen LogP contribution in [0.1, 0.15) is 28.2 Å². The first-order chi connectivity index (χ1) is 10.0. The van der Waals surface area contributed by atoms with Gasteiger partial charge in [0.25, 0.3) is 5.91 Å². The van der Waals surface area contributed by atoms with E-state index in [4.69, 9.17) is 0 Å². The molecule has 0 N–H and O–H groups in total. The van der Waals surface area contributed by atoms with Crippen molar-refractivity contribution in [3.63, 3.8) is 0 Å². The van der Waals surface area contributed by atoms with Gasteiger partial charge in [-0.05, 0) is 26.8 Å². The predicted octanol–water partition coefficient (Wildman–Crippen LogP) is 1.43. The number of aryl methyl sites for hydroxylation is 1. The minimum Gasteiger partial charge on any atom is -0.336 e. The molecule has 0 unspecified atom stereocenters. The van der Waals surface area contributed by atoms with Gasteiger partial charge in [0, 0.05) is 42.9 Å². The quantitative estimate of drug-likeness (QED) is 0.789. The van der Waals surface area contributed by atoms with E-state index in [2.05, 4.69) is 21.4 Å². The van der Waals surface area contributed by atoms with Gasteiger partial charge in [-0.3, -0.25) is 9.69 Å². The van der Waals surface area contributed by atoms with Crippen molar-refractivity contribution in [2.24, 2.45) is 5.41 Å². The van der Waals surface area contributed by atoms with Crippen molar-refractivity contribution >= 4 is 5.91 Å². The average molecular weight is 286 g/mol. The summed E-state index contributed by atoms with van der Waals surface area (Å²) in [6, 6.07) is 0. The highest BCUT2D eigenvalue weighted by Crippen LogP contribution is 2.40. The maximum absolute atomic E-state index is 12.6. The van der Waals surface area contributed by atoms with E-state index < -0.39 is 0 Å². The van der Waals surface area contributed by atoms with E-state index in [1.54, 1.807) is 0 Å². The maximum Gasteiger partial charge on any atom is 0.272 e. The molecule has 1 spiro atoms. The fourth-order valence-electron chi connectivity index (χ4n) is 3.43. The van der Waals surface area contributed by atoms with Crippen molar-refractivity contribution in [2.45, 2.75) is 20.3 Å². The zero-order chi connectivity index (χ0) is 15.0. The lowest BCUT2D eigenvalue weighted by Gasteiger charge is -2.48. The normalized spacial score (nSPS) is 20.6. The molecule has 2 aliphatic heterocycles. The minimum atomic E-state index is 0.0470. The van der Waals surface area contributed by atoms with Crippen LogP contribution in [0.2, 0.25) is 0 Å². The molecule has 1 amide bonds. The molecule has 0 aliphatic carbocycles. The smallest absolute Gasteiger partial charge is 0.272 e. The average Bonchev–Trinajstić information content (AvgIpc) is 2.84. The van der Waals surface area contributed by atoms with Crippen molar-refractivity contribution in [1.82, 2.24) is 19.8 Å². The first-order valence-electron chi connectivity index (χ1n) is 7.45. The lowest BCUT2D eigenvalue weighted by Crippen LogP contribution is -2.59. The third-order valence-corrected chi connectivity index (χ3v) is 4.78. The largest absolute Gasteiger partial charge is 0.336 e. The summed E-state index contributed by atoms with van der Waals surface area (Å²) in [4.78, 5) is 25.2. The van der Waals surface area contributed by atoms with Crippen LogP contribution in [0, 0.1) is 19.3 Å². The van der Waals surface area contributed by atoms with E-state index in [9.17, 15) is 4.79 Å². The number of nitrogens with zero attached hydrogens (tertiary/aromatic N) is 4. The highest BCUT2D eigenvalue weighted by atomic mass is 16.2. The SMILES string of the molecule is C=CCN1CCC2(C1)CN(C(=O)c1ncnc(C)c1C)C2. The third-order valence-electron chi connectivity index (χ3n) is 4.78. The van der Waals surface area contributed by atoms with Crippen molar-refractivity contribution in [3.8, 4) is 0 Å². The summed E-state index contributed by atoms with van der Waals surface area (Å²) in [5, 5.41) is 0. The molecule has 0 saturated carbocycles. The van der Waals surface area contributed by atoms with Gasteiger partial charge in [0.1, 0.15) is 12.0 Å². The van der Waals surface area contributed by atoms with Crippen LogP contribution in [0.3, 0.4) is 0 Å². The second-order valence-electron chi connectivity index (χ2n) is 6.37. The molecule has 2 saturated heterocycles. The molecule has 0 atom stereocenters. The van der Waals surface area contributed by atoms with Crippen LogP contribution >= 0.6 is 0 Å². The number of likely N-dealkylation sites (tertiary alicyclic amines) is 2. The van der Waals surface area contributed by atoms with Crippen LogP contribution in [0.4, 0.5) is 0 Å². The summed E-state index contributed by atoms with van der Waals surface area (Å²) in [6.07, 6.45) is 4.60. The minimum absolute atomic E-state index is 0.0470. The Balaban J connectivity index is 1.65. The number of carbonyl (C=O) groups is 1. The molecule has 21 heavy (non-hydrogen) atoms. The summed E-state index contributed by atoms with van der Waals surface area (Å²) >= 11 is 0. The Hall–Kier alpha value is -1.75. The number of hydrogen-bond acceptors (Lipinski definition) is 4. The van der Waals surface area contributed by atoms with E-state index in [1.165, 1.54) is 12.7 Å². The monoisotopic (exact) mass is 286 g/mol. The summed E-state index contributed by atoms with van der Waals surface area (Å²) in [6.45, 7) is 12.5. The van der Waals surface area contributed by atoms with Crippen LogP contribution in [0.25, 0.3) is 0 Å². The van der Waals surface area contributed by atoms with Crippen molar-refractivity contribution in [1.29, 1.82) is 0 Å². The van der Waals surface area contributed by atoms with Gasteiger partial charge in [-0.15, -0.1) is 6.58 Å². The molecule has 5 nitrogen and oxygen atoms in total. The number of aromatic nitrogens is 2. The fraction of sp³-hybridized carbons (Fsp3) is 0.562. The Morgan fingerprint density at radius 2 is 2.14 bits per heavy atom. The van der Waals surface area contributed by atoms with Gasteiger partial charge in [0.05, 0.1) is 0 Å². The first-order valence-corrected chi connectivity index (χ1v) is 7.45. The number of carbonyl (C=O) groups excluding carboxylic acids is 1. The summed E-state index contributed by atoms with van der Waals surface area (Å²) < 4.78 is 0. The van der Waals surface area contributed by atoms with Gasteiger partial charge in [-0.25, -0.2) is 9.97 Å². The zero-order valence-electron chi connectivity index (χ0n) is 12.8. The van der Waals surface area contributed by atoms with Gasteiger partial charge in [-0.1, -0.05) is 6.08 Å². The number of hydrogen-bond donors (Lipinski definition) is 0. The molecule has 0 bridgehead atoms. The van der Waals surface area contributed by atoms with Gasteiger partial charge < -0.3 is 4.90 Å². The topological polar surface area (TPSA) is 49.3 Å². The second kappa shape index (κ2) is 5.22. The lowest BCUT2D eigenvalue weighted by atomic mass is 9.79. The number of rotatable bonds is 3. The second-order valence-corrected chi connectivity index (χ2v) is 6.37.